The molecule has 0 aliphatic carbocycles. The zero-order valence-corrected chi connectivity index (χ0v) is 23.7. The van der Waals surface area contributed by atoms with Crippen molar-refractivity contribution in [3.05, 3.63) is 47.3 Å². The minimum atomic E-state index is -0.717. The average Bonchev–Trinajstić information content (AvgIpc) is 3.70. The number of nitrogen functional groups attached to an aromatic ring is 2. The monoisotopic (exact) mass is 602 g/mol. The molecule has 0 aromatic carbocycles. The third kappa shape index (κ3) is 5.07. The first-order valence-corrected chi connectivity index (χ1v) is 12.4. The number of primary amides is 1. The van der Waals surface area contributed by atoms with E-state index >= 15 is 0 Å². The maximum absolute atomic E-state index is 12.3. The van der Waals surface area contributed by atoms with Gasteiger partial charge in [-0.2, -0.15) is 29.8 Å². The van der Waals surface area contributed by atoms with E-state index in [1.807, 2.05) is 0 Å². The van der Waals surface area contributed by atoms with Crippen LogP contribution in [0, 0.1) is 13.8 Å². The van der Waals surface area contributed by atoms with E-state index in [-0.39, 0.29) is 57.4 Å². The first-order valence-electron chi connectivity index (χ1n) is 12.4. The number of aryl methyl sites for hydroxylation is 4. The van der Waals surface area contributed by atoms with Crippen molar-refractivity contribution in [1.29, 1.82) is 0 Å². The second-order valence-electron chi connectivity index (χ2n) is 9.18. The number of hydrazine groups is 2. The fourth-order valence-corrected chi connectivity index (χ4v) is 4.00. The van der Waals surface area contributed by atoms with Crippen molar-refractivity contribution in [3.63, 3.8) is 0 Å². The Bertz CT molecular complexity index is 1970. The molecule has 5 aromatic heterocycles. The fourth-order valence-electron chi connectivity index (χ4n) is 4.00. The molecule has 5 heterocycles. The lowest BCUT2D eigenvalue weighted by Gasteiger charge is -2.07. The number of rotatable bonds is 8. The summed E-state index contributed by atoms with van der Waals surface area (Å²) in [6, 6.07) is 1.54. The standard InChI is InChI=1S/C22H26N20O2/c1-9-15(32-34-20-11(19(25)43)6-30-38(20)3)17(23)40(36-9)13-5-14(29-8-28-13)41-18(24)16(10(2)37-41)33-35-21-12(7-31-39(21)4)22(44)42(26)27/h5-8H,23-24,26-27H2,1-4H3,(H2,25,43)/b34-32+,35-33+. The highest BCUT2D eigenvalue weighted by atomic mass is 16.2. The number of hydrogen-bond donors (Lipinski definition) is 5. The summed E-state index contributed by atoms with van der Waals surface area (Å²) in [6.45, 7) is 3.34. The molecular weight excluding hydrogens is 576 g/mol. The van der Waals surface area contributed by atoms with Gasteiger partial charge in [-0.25, -0.2) is 36.1 Å². The summed E-state index contributed by atoms with van der Waals surface area (Å²) in [5, 5.41) is 33.9. The van der Waals surface area contributed by atoms with Crippen LogP contribution in [0.2, 0.25) is 0 Å². The SMILES string of the molecule is Cc1nn(-c2cc(-n3nc(C)c(/N=N/c4c(C(=O)N(N)N)cnn4C)c3N)ncn2)c(N)c1/N=N/c1c(C(N)=O)cnn1C. The predicted molar refractivity (Wildman–Crippen MR) is 152 cm³/mol. The summed E-state index contributed by atoms with van der Waals surface area (Å²) in [6.07, 6.45) is 3.83. The van der Waals surface area contributed by atoms with Crippen molar-refractivity contribution >= 4 is 46.5 Å². The summed E-state index contributed by atoms with van der Waals surface area (Å²) in [5.74, 6) is 10.3. The summed E-state index contributed by atoms with van der Waals surface area (Å²) in [4.78, 5) is 32.5. The number of carbonyl (C=O) groups excluding carboxylic acids is 2. The predicted octanol–water partition coefficient (Wildman–Crippen LogP) is 0.216. The molecule has 0 radical (unpaired) electrons. The van der Waals surface area contributed by atoms with E-state index in [2.05, 4.69) is 50.8 Å². The molecule has 0 aliphatic heterocycles. The number of aromatic nitrogens is 10. The maximum atomic E-state index is 12.3. The lowest BCUT2D eigenvalue weighted by molar-refractivity contribution is 0.0756. The lowest BCUT2D eigenvalue weighted by Crippen LogP contribution is -2.43. The molecule has 5 aromatic rings. The Hall–Kier alpha value is -6.42. The highest BCUT2D eigenvalue weighted by Gasteiger charge is 2.22. The van der Waals surface area contributed by atoms with Crippen LogP contribution in [-0.4, -0.2) is 66.0 Å². The van der Waals surface area contributed by atoms with E-state index in [9.17, 15) is 9.59 Å². The normalized spacial score (nSPS) is 11.7. The Labute approximate surface area is 246 Å². The molecule has 5 rings (SSSR count). The Kier molecular flexibility index (Phi) is 7.34. The molecule has 0 atom stereocenters. The Morgan fingerprint density at radius 3 is 1.68 bits per heavy atom. The lowest BCUT2D eigenvalue weighted by atomic mass is 10.3. The van der Waals surface area contributed by atoms with E-state index < -0.39 is 11.8 Å². The van der Waals surface area contributed by atoms with Gasteiger partial charge in [0.1, 0.15) is 17.5 Å². The van der Waals surface area contributed by atoms with Crippen LogP contribution in [0.15, 0.2) is 45.2 Å². The van der Waals surface area contributed by atoms with Crippen LogP contribution in [-0.2, 0) is 14.1 Å². The molecule has 0 aliphatic rings. The van der Waals surface area contributed by atoms with Gasteiger partial charge in [0.25, 0.3) is 11.8 Å². The molecule has 0 unspecified atom stereocenters. The minimum absolute atomic E-state index is 0.0324. The second-order valence-corrected chi connectivity index (χ2v) is 9.18. The van der Waals surface area contributed by atoms with Crippen molar-refractivity contribution in [2.75, 3.05) is 11.5 Å². The third-order valence-corrected chi connectivity index (χ3v) is 6.23. The third-order valence-electron chi connectivity index (χ3n) is 6.23. The van der Waals surface area contributed by atoms with Crippen molar-refractivity contribution in [2.24, 2.45) is 52.0 Å². The summed E-state index contributed by atoms with van der Waals surface area (Å²) in [5.41, 5.74) is 19.5. The van der Waals surface area contributed by atoms with Gasteiger partial charge in [-0.3, -0.25) is 9.59 Å². The van der Waals surface area contributed by atoms with E-state index in [1.165, 1.54) is 43.5 Å². The number of azo groups is 2. The van der Waals surface area contributed by atoms with Crippen LogP contribution in [0.1, 0.15) is 32.1 Å². The summed E-state index contributed by atoms with van der Waals surface area (Å²) >= 11 is 0. The Morgan fingerprint density at radius 2 is 1.23 bits per heavy atom. The highest BCUT2D eigenvalue weighted by molar-refractivity contribution is 5.97. The van der Waals surface area contributed by atoms with Gasteiger partial charge in [0.15, 0.2) is 46.3 Å². The van der Waals surface area contributed by atoms with Gasteiger partial charge in [0.2, 0.25) is 0 Å². The fraction of sp³-hybridized carbons (Fsp3) is 0.182. The first-order chi connectivity index (χ1) is 20.9. The van der Waals surface area contributed by atoms with Crippen LogP contribution in [0.5, 0.6) is 0 Å². The van der Waals surface area contributed by atoms with Crippen molar-refractivity contribution in [3.8, 4) is 11.6 Å². The number of hydrogen-bond acceptors (Lipinski definition) is 16. The number of anilines is 2. The van der Waals surface area contributed by atoms with Crippen molar-refractivity contribution < 1.29 is 9.59 Å². The van der Waals surface area contributed by atoms with E-state index in [4.69, 9.17) is 28.9 Å². The van der Waals surface area contributed by atoms with Crippen molar-refractivity contribution in [1.82, 2.24) is 54.2 Å². The number of amides is 2. The van der Waals surface area contributed by atoms with E-state index in [1.54, 1.807) is 27.9 Å². The van der Waals surface area contributed by atoms with Gasteiger partial charge in [-0.15, -0.1) is 20.5 Å². The Morgan fingerprint density at radius 1 is 0.773 bits per heavy atom. The molecule has 0 bridgehead atoms. The van der Waals surface area contributed by atoms with Crippen LogP contribution in [0.25, 0.3) is 11.6 Å². The zero-order valence-electron chi connectivity index (χ0n) is 23.7. The quantitative estimate of drug-likeness (QED) is 0.0689. The van der Waals surface area contributed by atoms with Crippen LogP contribution >= 0.6 is 0 Å². The molecule has 0 fully saturated rings. The van der Waals surface area contributed by atoms with Crippen molar-refractivity contribution in [2.45, 2.75) is 13.8 Å². The van der Waals surface area contributed by atoms with E-state index in [0.717, 1.165) is 0 Å². The van der Waals surface area contributed by atoms with Crippen LogP contribution in [0.4, 0.5) is 34.6 Å². The first kappa shape index (κ1) is 29.1. The molecule has 44 heavy (non-hydrogen) atoms. The number of nitrogens with zero attached hydrogens (tertiary/aromatic N) is 15. The average molecular weight is 603 g/mol. The van der Waals surface area contributed by atoms with Gasteiger partial charge in [-0.1, -0.05) is 0 Å². The molecule has 2 amide bonds. The van der Waals surface area contributed by atoms with Gasteiger partial charge in [0, 0.05) is 20.2 Å². The topological polar surface area (TPSA) is 314 Å². The molecular formula is C22H26N20O2. The van der Waals surface area contributed by atoms with Crippen LogP contribution < -0.4 is 28.9 Å². The molecule has 0 spiro atoms. The number of carbonyl (C=O) groups is 2. The minimum Gasteiger partial charge on any atom is -0.382 e. The molecule has 22 heteroatoms. The molecule has 22 nitrogen and oxygen atoms in total. The second kappa shape index (κ2) is 11.1. The smallest absolute Gasteiger partial charge is 0.287 e. The number of nitrogens with two attached hydrogens (primary N) is 5. The van der Waals surface area contributed by atoms with E-state index in [0.29, 0.717) is 16.5 Å². The summed E-state index contributed by atoms with van der Waals surface area (Å²) < 4.78 is 5.33. The zero-order chi connectivity index (χ0) is 31.9. The summed E-state index contributed by atoms with van der Waals surface area (Å²) in [7, 11) is 3.16. The maximum Gasteiger partial charge on any atom is 0.287 e. The molecule has 10 N–H and O–H groups in total. The van der Waals surface area contributed by atoms with Gasteiger partial charge < -0.3 is 17.2 Å². The largest absolute Gasteiger partial charge is 0.382 e. The highest BCUT2D eigenvalue weighted by Crippen LogP contribution is 2.33. The van der Waals surface area contributed by atoms with Gasteiger partial charge >= 0.3 is 0 Å². The van der Waals surface area contributed by atoms with Gasteiger partial charge in [0.05, 0.1) is 23.8 Å². The van der Waals surface area contributed by atoms with Gasteiger partial charge in [-0.05, 0) is 13.8 Å². The molecule has 0 saturated carbocycles. The molecule has 226 valence electrons. The Balaban J connectivity index is 1.47. The van der Waals surface area contributed by atoms with Crippen LogP contribution in [0.3, 0.4) is 0 Å². The molecule has 0 saturated heterocycles.